The molecule has 2 fully saturated rings. The quantitative estimate of drug-likeness (QED) is 0.664. The van der Waals surface area contributed by atoms with Crippen LogP contribution in [0.1, 0.15) is 19.8 Å². The number of hydrogen-bond acceptors (Lipinski definition) is 6. The second kappa shape index (κ2) is 8.93. The Kier molecular flexibility index (Phi) is 6.58. The van der Waals surface area contributed by atoms with Crippen LogP contribution in [0.3, 0.4) is 0 Å². The lowest BCUT2D eigenvalue weighted by Crippen LogP contribution is -2.74. The molecule has 3 rings (SSSR count). The van der Waals surface area contributed by atoms with Crippen LogP contribution in [0.4, 0.5) is 10.5 Å². The van der Waals surface area contributed by atoms with Crippen LogP contribution in [0.25, 0.3) is 0 Å². The summed E-state index contributed by atoms with van der Waals surface area (Å²) in [6.45, 7) is 2.08. The van der Waals surface area contributed by atoms with E-state index in [1.807, 2.05) is 30.3 Å². The topological polar surface area (TPSA) is 93.8 Å². The summed E-state index contributed by atoms with van der Waals surface area (Å²) >= 11 is 1.40. The van der Waals surface area contributed by atoms with Crippen molar-refractivity contribution in [3.8, 4) is 0 Å². The molecule has 2 aliphatic rings. The minimum atomic E-state index is -0.463. The first-order valence-corrected chi connectivity index (χ1v) is 10.5. The van der Waals surface area contributed by atoms with Crippen molar-refractivity contribution >= 4 is 35.3 Å². The Labute approximate surface area is 169 Å². The fourth-order valence-electron chi connectivity index (χ4n) is 3.61. The summed E-state index contributed by atoms with van der Waals surface area (Å²) in [5.74, 6) is -0.607. The third-order valence-corrected chi connectivity index (χ3v) is 6.27. The molecule has 2 saturated heterocycles. The maximum atomic E-state index is 12.8. The second-order valence-electron chi connectivity index (χ2n) is 7.08. The van der Waals surface area contributed by atoms with Gasteiger partial charge in [0.15, 0.2) is 0 Å². The third-order valence-electron chi connectivity index (χ3n) is 5.05. The molecule has 3 N–H and O–H groups in total. The number of anilines is 1. The lowest BCUT2D eigenvalue weighted by Gasteiger charge is -2.50. The van der Waals surface area contributed by atoms with Crippen LogP contribution in [0.5, 0.6) is 0 Å². The molecular formula is C19H27N5O3S. The standard InChI is InChI=1S/C19H27N5O3S/c1-4-8-13-21-16-15(18(26)24(3)19(27)23(16)2)17(22-13)28-11-14(25)20-12-9-6-5-7-10-12/h5-7,9-10,13,15-17,21-22H,4,8,11H2,1-3H3,(H,20,25). The van der Waals surface area contributed by atoms with Crippen LogP contribution in [-0.2, 0) is 9.59 Å². The molecule has 4 unspecified atom stereocenters. The predicted molar refractivity (Wildman–Crippen MR) is 109 cm³/mol. The molecule has 0 aromatic heterocycles. The fraction of sp³-hybridized carbons (Fsp3) is 0.526. The van der Waals surface area contributed by atoms with E-state index in [0.29, 0.717) is 0 Å². The zero-order valence-corrected chi connectivity index (χ0v) is 17.2. The van der Waals surface area contributed by atoms with Gasteiger partial charge in [-0.1, -0.05) is 31.5 Å². The maximum absolute atomic E-state index is 12.8. The van der Waals surface area contributed by atoms with Gasteiger partial charge in [0.05, 0.1) is 29.4 Å². The van der Waals surface area contributed by atoms with Gasteiger partial charge >= 0.3 is 6.03 Å². The summed E-state index contributed by atoms with van der Waals surface area (Å²) in [4.78, 5) is 40.2. The molecule has 0 aliphatic carbocycles. The Morgan fingerprint density at radius 3 is 2.57 bits per heavy atom. The van der Waals surface area contributed by atoms with E-state index in [-0.39, 0.29) is 41.3 Å². The van der Waals surface area contributed by atoms with Crippen molar-refractivity contribution in [1.29, 1.82) is 0 Å². The number of para-hydroxylation sites is 1. The van der Waals surface area contributed by atoms with Gasteiger partial charge < -0.3 is 10.2 Å². The number of rotatable bonds is 6. The van der Waals surface area contributed by atoms with Crippen LogP contribution >= 0.6 is 11.8 Å². The average Bonchev–Trinajstić information content (AvgIpc) is 2.69. The number of thioether (sulfide) groups is 1. The smallest absolute Gasteiger partial charge is 0.325 e. The Morgan fingerprint density at radius 1 is 1.18 bits per heavy atom. The average molecular weight is 406 g/mol. The molecule has 2 aliphatic heterocycles. The molecule has 1 aromatic carbocycles. The predicted octanol–water partition coefficient (Wildman–Crippen LogP) is 1.47. The van der Waals surface area contributed by atoms with Gasteiger partial charge in [-0.3, -0.25) is 25.1 Å². The Bertz CT molecular complexity index is 732. The minimum Gasteiger partial charge on any atom is -0.325 e. The van der Waals surface area contributed by atoms with Crippen LogP contribution < -0.4 is 16.0 Å². The molecule has 28 heavy (non-hydrogen) atoms. The molecule has 0 bridgehead atoms. The zero-order chi connectivity index (χ0) is 20.3. The summed E-state index contributed by atoms with van der Waals surface area (Å²) < 4.78 is 0. The highest BCUT2D eigenvalue weighted by Crippen LogP contribution is 2.31. The summed E-state index contributed by atoms with van der Waals surface area (Å²) in [6.07, 6.45) is 1.42. The number of hydrogen-bond donors (Lipinski definition) is 3. The SMILES string of the molecule is CCCC1NC(SCC(=O)Nc2ccccc2)C2C(=O)N(C)C(=O)N(C)C2N1. The molecule has 0 radical (unpaired) electrons. The van der Waals surface area contributed by atoms with Crippen molar-refractivity contribution < 1.29 is 14.4 Å². The highest BCUT2D eigenvalue weighted by Gasteiger charge is 2.50. The zero-order valence-electron chi connectivity index (χ0n) is 16.3. The molecule has 4 amide bonds. The van der Waals surface area contributed by atoms with Crippen LogP contribution in [-0.4, -0.2) is 65.2 Å². The van der Waals surface area contributed by atoms with Crippen molar-refractivity contribution in [3.63, 3.8) is 0 Å². The van der Waals surface area contributed by atoms with Gasteiger partial charge in [-0.2, -0.15) is 0 Å². The van der Waals surface area contributed by atoms with E-state index < -0.39 is 5.92 Å². The van der Waals surface area contributed by atoms with Crippen molar-refractivity contribution in [2.75, 3.05) is 25.2 Å². The molecule has 1 aromatic rings. The Hall–Kier alpha value is -2.10. The number of urea groups is 1. The highest BCUT2D eigenvalue weighted by atomic mass is 32.2. The molecule has 9 heteroatoms. The van der Waals surface area contributed by atoms with Crippen molar-refractivity contribution in [2.45, 2.75) is 37.5 Å². The second-order valence-corrected chi connectivity index (χ2v) is 8.21. The number of benzene rings is 1. The first kappa shape index (κ1) is 20.6. The molecule has 8 nitrogen and oxygen atoms in total. The van der Waals surface area contributed by atoms with Crippen LogP contribution in [0.15, 0.2) is 30.3 Å². The van der Waals surface area contributed by atoms with Gasteiger partial charge in [-0.05, 0) is 18.6 Å². The maximum Gasteiger partial charge on any atom is 0.327 e. The van der Waals surface area contributed by atoms with Gasteiger partial charge in [0.2, 0.25) is 11.8 Å². The summed E-state index contributed by atoms with van der Waals surface area (Å²) in [5.41, 5.74) is 0.743. The van der Waals surface area contributed by atoms with Crippen molar-refractivity contribution in [1.82, 2.24) is 20.4 Å². The van der Waals surface area contributed by atoms with Gasteiger partial charge in [-0.15, -0.1) is 11.8 Å². The number of nitrogens with zero attached hydrogens (tertiary/aromatic N) is 2. The number of carbonyl (C=O) groups excluding carboxylic acids is 3. The fourth-order valence-corrected chi connectivity index (χ4v) is 4.74. The molecule has 0 saturated carbocycles. The van der Waals surface area contributed by atoms with Crippen molar-refractivity contribution in [3.05, 3.63) is 30.3 Å². The summed E-state index contributed by atoms with van der Waals surface area (Å²) in [6, 6.07) is 8.96. The number of nitrogens with one attached hydrogen (secondary N) is 3. The van der Waals surface area contributed by atoms with Gasteiger partial charge in [0, 0.05) is 19.8 Å². The van der Waals surface area contributed by atoms with Crippen LogP contribution in [0, 0.1) is 5.92 Å². The monoisotopic (exact) mass is 405 g/mol. The molecule has 152 valence electrons. The lowest BCUT2D eigenvalue weighted by atomic mass is 9.96. The largest absolute Gasteiger partial charge is 0.327 e. The molecular weight excluding hydrogens is 378 g/mol. The van der Waals surface area contributed by atoms with Crippen molar-refractivity contribution in [2.24, 2.45) is 5.92 Å². The van der Waals surface area contributed by atoms with E-state index in [1.165, 1.54) is 18.8 Å². The Morgan fingerprint density at radius 2 is 1.89 bits per heavy atom. The van der Waals surface area contributed by atoms with E-state index in [4.69, 9.17) is 0 Å². The summed E-state index contributed by atoms with van der Waals surface area (Å²) in [7, 11) is 3.20. The van der Waals surface area contributed by atoms with Gasteiger partial charge in [-0.25, -0.2) is 4.79 Å². The van der Waals surface area contributed by atoms with Gasteiger partial charge in [0.1, 0.15) is 0 Å². The van der Waals surface area contributed by atoms with E-state index in [0.717, 1.165) is 23.4 Å². The summed E-state index contributed by atoms with van der Waals surface area (Å²) in [5, 5.41) is 9.42. The third kappa shape index (κ3) is 4.31. The molecule has 0 spiro atoms. The highest BCUT2D eigenvalue weighted by molar-refractivity contribution is 8.00. The normalized spacial score (nSPS) is 27.5. The van der Waals surface area contributed by atoms with Gasteiger partial charge in [0.25, 0.3) is 0 Å². The molecule has 2 heterocycles. The lowest BCUT2D eigenvalue weighted by molar-refractivity contribution is -0.140. The van der Waals surface area contributed by atoms with E-state index in [9.17, 15) is 14.4 Å². The minimum absolute atomic E-state index is 0.0209. The number of carbonyl (C=O) groups is 3. The number of amides is 4. The number of imide groups is 1. The Balaban J connectivity index is 1.70. The van der Waals surface area contributed by atoms with E-state index in [1.54, 1.807) is 11.9 Å². The van der Waals surface area contributed by atoms with Crippen LogP contribution in [0.2, 0.25) is 0 Å². The van der Waals surface area contributed by atoms with E-state index >= 15 is 0 Å². The molecule has 4 atom stereocenters. The first-order chi connectivity index (χ1) is 13.4. The van der Waals surface area contributed by atoms with E-state index in [2.05, 4.69) is 22.9 Å². The number of fused-ring (bicyclic) bond motifs is 1. The first-order valence-electron chi connectivity index (χ1n) is 9.45.